The van der Waals surface area contributed by atoms with Crippen molar-refractivity contribution in [2.45, 2.75) is 26.4 Å². The van der Waals surface area contributed by atoms with E-state index in [1.807, 2.05) is 32.9 Å². The second-order valence-corrected chi connectivity index (χ2v) is 5.45. The lowest BCUT2D eigenvalue weighted by Gasteiger charge is -2.19. The van der Waals surface area contributed by atoms with Crippen molar-refractivity contribution in [2.24, 2.45) is 0 Å². The Labute approximate surface area is 115 Å². The molecule has 1 aromatic heterocycles. The van der Waals surface area contributed by atoms with Crippen molar-refractivity contribution >= 4 is 27.7 Å². The van der Waals surface area contributed by atoms with Crippen LogP contribution in [0.1, 0.15) is 20.8 Å². The van der Waals surface area contributed by atoms with Gasteiger partial charge >= 0.3 is 6.09 Å². The highest BCUT2D eigenvalue weighted by Crippen LogP contribution is 2.17. The lowest BCUT2D eigenvalue weighted by atomic mass is 10.2. The number of anilines is 1. The molecule has 1 rings (SSSR count). The van der Waals surface area contributed by atoms with Crippen LogP contribution in [0, 0.1) is 0 Å². The van der Waals surface area contributed by atoms with Crippen LogP contribution in [-0.2, 0) is 4.74 Å². The van der Waals surface area contributed by atoms with Gasteiger partial charge in [0.1, 0.15) is 10.2 Å². The number of carbonyl (C=O) groups is 1. The molecule has 1 heterocycles. The number of halogens is 1. The van der Waals surface area contributed by atoms with Crippen LogP contribution in [0.25, 0.3) is 0 Å². The summed E-state index contributed by atoms with van der Waals surface area (Å²) in [5, 5.41) is 5.82. The van der Waals surface area contributed by atoms with Crippen LogP contribution in [-0.4, -0.2) is 29.8 Å². The van der Waals surface area contributed by atoms with Gasteiger partial charge in [-0.3, -0.25) is 0 Å². The molecule has 0 unspecified atom stereocenters. The number of aromatic nitrogens is 1. The minimum absolute atomic E-state index is 0.408. The summed E-state index contributed by atoms with van der Waals surface area (Å²) in [6.07, 6.45) is 1.29. The molecule has 0 saturated heterocycles. The summed E-state index contributed by atoms with van der Waals surface area (Å²) >= 11 is 3.33. The van der Waals surface area contributed by atoms with Crippen molar-refractivity contribution in [3.63, 3.8) is 0 Å². The Hall–Kier alpha value is -1.30. The van der Waals surface area contributed by atoms with Crippen molar-refractivity contribution in [1.29, 1.82) is 0 Å². The molecule has 1 aromatic rings. The molecule has 18 heavy (non-hydrogen) atoms. The summed E-state index contributed by atoms with van der Waals surface area (Å²) < 4.78 is 5.87. The highest BCUT2D eigenvalue weighted by Gasteiger charge is 2.15. The smallest absolute Gasteiger partial charge is 0.407 e. The first kappa shape index (κ1) is 14.8. The lowest BCUT2D eigenvalue weighted by Crippen LogP contribution is -2.35. The van der Waals surface area contributed by atoms with Gasteiger partial charge in [-0.1, -0.05) is 0 Å². The zero-order valence-corrected chi connectivity index (χ0v) is 12.4. The predicted molar refractivity (Wildman–Crippen MR) is 74.7 cm³/mol. The van der Waals surface area contributed by atoms with E-state index in [1.54, 1.807) is 6.20 Å². The second kappa shape index (κ2) is 6.58. The largest absolute Gasteiger partial charge is 0.444 e. The van der Waals surface area contributed by atoms with E-state index >= 15 is 0 Å². The van der Waals surface area contributed by atoms with E-state index in [4.69, 9.17) is 4.74 Å². The molecule has 100 valence electrons. The summed E-state index contributed by atoms with van der Waals surface area (Å²) in [5.74, 6) is 0. The van der Waals surface area contributed by atoms with Gasteiger partial charge in [0.15, 0.2) is 0 Å². The molecule has 0 bridgehead atoms. The third-order valence-corrected chi connectivity index (χ3v) is 2.50. The number of amides is 1. The first-order chi connectivity index (χ1) is 8.38. The van der Waals surface area contributed by atoms with Crippen molar-refractivity contribution in [1.82, 2.24) is 10.3 Å². The van der Waals surface area contributed by atoms with Crippen molar-refractivity contribution < 1.29 is 9.53 Å². The van der Waals surface area contributed by atoms with Crippen molar-refractivity contribution in [3.05, 3.63) is 22.9 Å². The molecule has 0 fully saturated rings. The molecule has 0 aromatic carbocycles. The Morgan fingerprint density at radius 2 is 2.17 bits per heavy atom. The molecule has 0 aliphatic carbocycles. The van der Waals surface area contributed by atoms with E-state index in [1.165, 1.54) is 0 Å². The van der Waals surface area contributed by atoms with Crippen LogP contribution in [0.5, 0.6) is 0 Å². The molecule has 0 aliphatic heterocycles. The molecule has 0 radical (unpaired) electrons. The average molecular weight is 316 g/mol. The molecule has 1 amide bonds. The highest BCUT2D eigenvalue weighted by molar-refractivity contribution is 9.10. The molecule has 5 nitrogen and oxygen atoms in total. The summed E-state index contributed by atoms with van der Waals surface area (Å²) in [4.78, 5) is 15.4. The second-order valence-electron chi connectivity index (χ2n) is 4.70. The first-order valence-corrected chi connectivity index (χ1v) is 6.49. The Kier molecular flexibility index (Phi) is 5.40. The lowest BCUT2D eigenvalue weighted by molar-refractivity contribution is 0.0530. The minimum Gasteiger partial charge on any atom is -0.444 e. The number of hydrogen-bond acceptors (Lipinski definition) is 4. The molecular weight excluding hydrogens is 298 g/mol. The van der Waals surface area contributed by atoms with Gasteiger partial charge in [-0.05, 0) is 48.8 Å². The number of ether oxygens (including phenoxy) is 1. The molecule has 2 N–H and O–H groups in total. The zero-order chi connectivity index (χ0) is 13.6. The van der Waals surface area contributed by atoms with Gasteiger partial charge in [0.2, 0.25) is 0 Å². The van der Waals surface area contributed by atoms with Gasteiger partial charge in [0, 0.05) is 19.3 Å². The minimum atomic E-state index is -0.468. The van der Waals surface area contributed by atoms with Gasteiger partial charge in [0.25, 0.3) is 0 Å². The highest BCUT2D eigenvalue weighted by atomic mass is 79.9. The summed E-state index contributed by atoms with van der Waals surface area (Å²) in [6.45, 7) is 6.58. The van der Waals surface area contributed by atoms with Crippen LogP contribution in [0.4, 0.5) is 10.5 Å². The summed E-state index contributed by atoms with van der Waals surface area (Å²) in [7, 11) is 0. The predicted octanol–water partition coefficient (Wildman–Crippen LogP) is 2.78. The fraction of sp³-hybridized carbons (Fsp3) is 0.500. The number of carbonyl (C=O) groups excluding carboxylic acids is 1. The number of hydrogen-bond donors (Lipinski definition) is 2. The fourth-order valence-electron chi connectivity index (χ4n) is 1.19. The molecule has 6 heteroatoms. The third kappa shape index (κ3) is 5.86. The molecule has 0 atom stereocenters. The van der Waals surface area contributed by atoms with Gasteiger partial charge in [-0.25, -0.2) is 9.78 Å². The quantitative estimate of drug-likeness (QED) is 0.662. The number of alkyl carbamates (subject to hydrolysis) is 1. The van der Waals surface area contributed by atoms with E-state index < -0.39 is 11.7 Å². The molecule has 0 aliphatic rings. The van der Waals surface area contributed by atoms with Crippen molar-refractivity contribution in [2.75, 3.05) is 18.4 Å². The van der Waals surface area contributed by atoms with Gasteiger partial charge in [-0.2, -0.15) is 0 Å². The SMILES string of the molecule is CC(C)(C)OC(=O)NCCNc1cccnc1Br. The zero-order valence-electron chi connectivity index (χ0n) is 10.8. The monoisotopic (exact) mass is 315 g/mol. The maximum atomic E-state index is 11.4. The number of rotatable bonds is 4. The maximum absolute atomic E-state index is 11.4. The standard InChI is InChI=1S/C12H18BrN3O2/c1-12(2,3)18-11(17)16-8-7-14-9-5-4-6-15-10(9)13/h4-6,14H,7-8H2,1-3H3,(H,16,17). The van der Waals surface area contributed by atoms with E-state index in [9.17, 15) is 4.79 Å². The van der Waals surface area contributed by atoms with Crippen LogP contribution < -0.4 is 10.6 Å². The van der Waals surface area contributed by atoms with Crippen LogP contribution >= 0.6 is 15.9 Å². The first-order valence-electron chi connectivity index (χ1n) is 5.70. The van der Waals surface area contributed by atoms with Gasteiger partial charge < -0.3 is 15.4 Å². The van der Waals surface area contributed by atoms with E-state index in [2.05, 4.69) is 31.5 Å². The van der Waals surface area contributed by atoms with Gasteiger partial charge in [-0.15, -0.1) is 0 Å². The normalized spacial score (nSPS) is 10.9. The summed E-state index contributed by atoms with van der Waals surface area (Å²) in [5.41, 5.74) is 0.424. The van der Waals surface area contributed by atoms with Crippen LogP contribution in [0.2, 0.25) is 0 Å². The Bertz CT molecular complexity index is 405. The molecule has 0 spiro atoms. The fourth-order valence-corrected chi connectivity index (χ4v) is 1.58. The average Bonchev–Trinajstić information content (AvgIpc) is 2.24. The number of nitrogens with one attached hydrogen (secondary N) is 2. The third-order valence-electron chi connectivity index (χ3n) is 1.87. The molecule has 0 saturated carbocycles. The van der Waals surface area contributed by atoms with Crippen molar-refractivity contribution in [3.8, 4) is 0 Å². The Morgan fingerprint density at radius 1 is 1.44 bits per heavy atom. The van der Waals surface area contributed by atoms with E-state index in [0.717, 1.165) is 10.3 Å². The number of nitrogens with zero attached hydrogens (tertiary/aromatic N) is 1. The maximum Gasteiger partial charge on any atom is 0.407 e. The van der Waals surface area contributed by atoms with Gasteiger partial charge in [0.05, 0.1) is 5.69 Å². The van der Waals surface area contributed by atoms with E-state index in [0.29, 0.717) is 13.1 Å². The topological polar surface area (TPSA) is 63.2 Å². The summed E-state index contributed by atoms with van der Waals surface area (Å²) in [6, 6.07) is 3.75. The van der Waals surface area contributed by atoms with Crippen LogP contribution in [0.15, 0.2) is 22.9 Å². The van der Waals surface area contributed by atoms with E-state index in [-0.39, 0.29) is 0 Å². The number of pyridine rings is 1. The Balaban J connectivity index is 2.23. The van der Waals surface area contributed by atoms with Crippen LogP contribution in [0.3, 0.4) is 0 Å². The molecular formula is C12H18BrN3O2. The Morgan fingerprint density at radius 3 is 2.78 bits per heavy atom.